The Labute approximate surface area is 206 Å². The highest BCUT2D eigenvalue weighted by Gasteiger charge is 2.46. The van der Waals surface area contributed by atoms with Gasteiger partial charge in [-0.25, -0.2) is 0 Å². The maximum absolute atomic E-state index is 13.5. The number of fused-ring (bicyclic) bond motifs is 1. The van der Waals surface area contributed by atoms with E-state index in [4.69, 9.17) is 28.6 Å². The molecule has 0 saturated carbocycles. The summed E-state index contributed by atoms with van der Waals surface area (Å²) in [6.45, 7) is 3.23. The van der Waals surface area contributed by atoms with Crippen molar-refractivity contribution in [3.05, 3.63) is 50.7 Å². The summed E-state index contributed by atoms with van der Waals surface area (Å²) >= 11 is 11.7. The number of aliphatic hydroxyl groups is 4. The normalized spacial score (nSPS) is 28.3. The second-order valence-corrected chi connectivity index (χ2v) is 10.3. The standard InChI is InChI=1S/C24H25ClN2O6S/c1-24(2)7-14-18(15(29)8-24)17(11-3-5-12(25)6-4-11)13(9-26)23(34)27(14)22-21(32)20(31)19(30)16(10-28)33-22/h3-6,16,19-22,28,30-32H,7-8,10H2,1-2H3. The number of carbonyl (C=O) groups is 1. The molecule has 4 N–H and O–H groups in total. The maximum atomic E-state index is 13.5. The van der Waals surface area contributed by atoms with E-state index in [1.54, 1.807) is 24.3 Å². The summed E-state index contributed by atoms with van der Waals surface area (Å²) in [5, 5.41) is 51.6. The number of nitrogens with zero attached hydrogens (tertiary/aromatic N) is 2. The van der Waals surface area contributed by atoms with Gasteiger partial charge in [0.2, 0.25) is 0 Å². The molecule has 5 atom stereocenters. The average molecular weight is 505 g/mol. The van der Waals surface area contributed by atoms with Crippen LogP contribution in [0.25, 0.3) is 11.1 Å². The van der Waals surface area contributed by atoms with Crippen LogP contribution in [-0.2, 0) is 11.2 Å². The molecule has 2 aliphatic rings. The van der Waals surface area contributed by atoms with Crippen molar-refractivity contribution in [1.82, 2.24) is 4.57 Å². The minimum atomic E-state index is -1.64. The third-order valence-corrected chi connectivity index (χ3v) is 7.10. The number of halogens is 1. The zero-order valence-electron chi connectivity index (χ0n) is 18.6. The summed E-state index contributed by atoms with van der Waals surface area (Å²) in [5.74, 6) is -0.193. The van der Waals surface area contributed by atoms with Gasteiger partial charge in [0, 0.05) is 28.3 Å². The SMILES string of the molecule is CC1(C)CC(=O)c2c(-c3ccc(Cl)cc3)c(C#N)c(=S)n(C3OC(CO)C(O)C(O)C3O)c2C1. The lowest BCUT2D eigenvalue weighted by Crippen LogP contribution is -2.57. The Hall–Kier alpha value is -2.16. The molecule has 8 nitrogen and oxygen atoms in total. The van der Waals surface area contributed by atoms with Gasteiger partial charge in [-0.15, -0.1) is 0 Å². The summed E-state index contributed by atoms with van der Waals surface area (Å²) in [4.78, 5) is 13.5. The topological polar surface area (TPSA) is 136 Å². The number of hydrogen-bond donors (Lipinski definition) is 4. The van der Waals surface area contributed by atoms with Crippen molar-refractivity contribution in [3.8, 4) is 17.2 Å². The molecule has 1 aromatic heterocycles. The van der Waals surface area contributed by atoms with Crippen LogP contribution in [0.15, 0.2) is 24.3 Å². The van der Waals surface area contributed by atoms with Crippen molar-refractivity contribution in [3.63, 3.8) is 0 Å². The van der Waals surface area contributed by atoms with Crippen LogP contribution in [0, 0.1) is 21.4 Å². The Balaban J connectivity index is 2.06. The van der Waals surface area contributed by atoms with Crippen LogP contribution in [0.3, 0.4) is 0 Å². The molecule has 180 valence electrons. The molecule has 34 heavy (non-hydrogen) atoms. The first-order valence-electron chi connectivity index (χ1n) is 10.8. The molecule has 1 aromatic carbocycles. The van der Waals surface area contributed by atoms with Crippen molar-refractivity contribution >= 4 is 29.6 Å². The molecule has 0 bridgehead atoms. The molecule has 0 radical (unpaired) electrons. The molecule has 1 aliphatic heterocycles. The first-order valence-corrected chi connectivity index (χ1v) is 11.6. The lowest BCUT2D eigenvalue weighted by Gasteiger charge is -2.43. The Bertz CT molecular complexity index is 1230. The second-order valence-electron chi connectivity index (χ2n) is 9.53. The molecule has 2 aromatic rings. The number of Topliss-reactive ketones (excluding diaryl/α,β-unsaturated/α-hetero) is 1. The first-order chi connectivity index (χ1) is 16.0. The maximum Gasteiger partial charge on any atom is 0.165 e. The number of ketones is 1. The second kappa shape index (κ2) is 9.13. The van der Waals surface area contributed by atoms with Crippen LogP contribution in [-0.4, -0.2) is 61.8 Å². The fourth-order valence-corrected chi connectivity index (χ4v) is 5.31. The lowest BCUT2D eigenvalue weighted by atomic mass is 9.73. The van der Waals surface area contributed by atoms with Gasteiger partial charge in [0.1, 0.15) is 35.1 Å². The number of rotatable bonds is 3. The number of carbonyl (C=O) groups excluding carboxylic acids is 1. The van der Waals surface area contributed by atoms with Gasteiger partial charge in [-0.2, -0.15) is 5.26 Å². The third kappa shape index (κ3) is 4.10. The lowest BCUT2D eigenvalue weighted by molar-refractivity contribution is -0.252. The molecule has 1 fully saturated rings. The van der Waals surface area contributed by atoms with E-state index < -0.39 is 42.7 Å². The number of nitriles is 1. The van der Waals surface area contributed by atoms with Crippen molar-refractivity contribution in [2.45, 2.75) is 57.3 Å². The van der Waals surface area contributed by atoms with E-state index in [0.29, 0.717) is 33.8 Å². The van der Waals surface area contributed by atoms with Crippen LogP contribution in [0.5, 0.6) is 0 Å². The Morgan fingerprint density at radius 3 is 2.38 bits per heavy atom. The molecule has 4 rings (SSSR count). The van der Waals surface area contributed by atoms with Crippen LogP contribution >= 0.6 is 23.8 Å². The molecule has 10 heteroatoms. The summed E-state index contributed by atoms with van der Waals surface area (Å²) in [7, 11) is 0. The monoisotopic (exact) mass is 504 g/mol. The van der Waals surface area contributed by atoms with Gasteiger partial charge in [0.05, 0.1) is 12.2 Å². The minimum Gasteiger partial charge on any atom is -0.394 e. The summed E-state index contributed by atoms with van der Waals surface area (Å²) < 4.78 is 7.18. The fraction of sp³-hybridized carbons (Fsp3) is 0.458. The highest BCUT2D eigenvalue weighted by Crippen LogP contribution is 2.43. The number of aromatic nitrogens is 1. The quantitative estimate of drug-likeness (QED) is 0.468. The molecule has 1 aliphatic carbocycles. The van der Waals surface area contributed by atoms with E-state index >= 15 is 0 Å². The molecule has 5 unspecified atom stereocenters. The molecular weight excluding hydrogens is 480 g/mol. The smallest absolute Gasteiger partial charge is 0.165 e. The van der Waals surface area contributed by atoms with Gasteiger partial charge < -0.3 is 29.7 Å². The Morgan fingerprint density at radius 2 is 1.79 bits per heavy atom. The van der Waals surface area contributed by atoms with E-state index in [2.05, 4.69) is 6.07 Å². The largest absolute Gasteiger partial charge is 0.394 e. The van der Waals surface area contributed by atoms with Gasteiger partial charge in [0.15, 0.2) is 12.0 Å². The predicted molar refractivity (Wildman–Crippen MR) is 126 cm³/mol. The van der Waals surface area contributed by atoms with Crippen molar-refractivity contribution in [2.24, 2.45) is 5.41 Å². The number of hydrogen-bond acceptors (Lipinski definition) is 8. The zero-order chi connectivity index (χ0) is 24.9. The number of aliphatic hydroxyl groups excluding tert-OH is 4. The van der Waals surface area contributed by atoms with Gasteiger partial charge >= 0.3 is 0 Å². The highest BCUT2D eigenvalue weighted by molar-refractivity contribution is 7.71. The van der Waals surface area contributed by atoms with E-state index in [9.17, 15) is 30.5 Å². The summed E-state index contributed by atoms with van der Waals surface area (Å²) in [6.07, 6.45) is -6.71. The molecule has 2 heterocycles. The Morgan fingerprint density at radius 1 is 1.15 bits per heavy atom. The van der Waals surface area contributed by atoms with Gasteiger partial charge in [0.25, 0.3) is 0 Å². The molecule has 1 saturated heterocycles. The summed E-state index contributed by atoms with van der Waals surface area (Å²) in [5.41, 5.74) is 1.33. The van der Waals surface area contributed by atoms with Gasteiger partial charge in [-0.05, 0) is 29.5 Å². The number of benzene rings is 1. The van der Waals surface area contributed by atoms with Crippen LogP contribution < -0.4 is 0 Å². The summed E-state index contributed by atoms with van der Waals surface area (Å²) in [6, 6.07) is 8.83. The van der Waals surface area contributed by atoms with Crippen molar-refractivity contribution in [1.29, 1.82) is 5.26 Å². The van der Waals surface area contributed by atoms with Crippen molar-refractivity contribution < 1.29 is 30.0 Å². The van der Waals surface area contributed by atoms with Gasteiger partial charge in [-0.3, -0.25) is 4.79 Å². The molecule has 0 spiro atoms. The zero-order valence-corrected chi connectivity index (χ0v) is 20.2. The average Bonchev–Trinajstić information content (AvgIpc) is 2.77. The Kier molecular flexibility index (Phi) is 6.70. The van der Waals surface area contributed by atoms with E-state index in [0.717, 1.165) is 0 Å². The van der Waals surface area contributed by atoms with Crippen LogP contribution in [0.1, 0.15) is 48.1 Å². The van der Waals surface area contributed by atoms with E-state index in [1.807, 2.05) is 13.8 Å². The number of pyridine rings is 1. The first kappa shape index (κ1) is 24.9. The minimum absolute atomic E-state index is 0.0148. The highest BCUT2D eigenvalue weighted by atomic mass is 35.5. The predicted octanol–water partition coefficient (Wildman–Crippen LogP) is 2.54. The van der Waals surface area contributed by atoms with Crippen LogP contribution in [0.4, 0.5) is 0 Å². The van der Waals surface area contributed by atoms with E-state index in [1.165, 1.54) is 4.57 Å². The van der Waals surface area contributed by atoms with Gasteiger partial charge in [-0.1, -0.05) is 49.8 Å². The molecule has 0 amide bonds. The third-order valence-electron chi connectivity index (χ3n) is 6.44. The van der Waals surface area contributed by atoms with Crippen LogP contribution in [0.2, 0.25) is 5.02 Å². The molecular formula is C24H25ClN2O6S. The van der Waals surface area contributed by atoms with E-state index in [-0.39, 0.29) is 22.4 Å². The van der Waals surface area contributed by atoms with Crippen molar-refractivity contribution in [2.75, 3.05) is 6.61 Å². The number of ether oxygens (including phenoxy) is 1. The fourth-order valence-electron chi connectivity index (χ4n) is 4.83.